The lowest BCUT2D eigenvalue weighted by molar-refractivity contribution is 0.285. The highest BCUT2D eigenvalue weighted by Crippen LogP contribution is 2.32. The molecule has 0 radical (unpaired) electrons. The SMILES string of the molecule is OCc1ccc(-c2ccc3c(c2)CCC3)s1. The van der Waals surface area contributed by atoms with Gasteiger partial charge in [0.1, 0.15) is 0 Å². The summed E-state index contributed by atoms with van der Waals surface area (Å²) in [5.41, 5.74) is 4.32. The molecule has 0 fully saturated rings. The van der Waals surface area contributed by atoms with Gasteiger partial charge in [0, 0.05) is 9.75 Å². The van der Waals surface area contributed by atoms with Gasteiger partial charge in [0.05, 0.1) is 6.61 Å². The predicted molar refractivity (Wildman–Crippen MR) is 67.7 cm³/mol. The summed E-state index contributed by atoms with van der Waals surface area (Å²) in [6.45, 7) is 0.148. The molecule has 2 heteroatoms. The number of hydrogen-bond acceptors (Lipinski definition) is 2. The molecule has 82 valence electrons. The average Bonchev–Trinajstić information content (AvgIpc) is 2.96. The first kappa shape index (κ1) is 10.1. The fourth-order valence-electron chi connectivity index (χ4n) is 2.34. The van der Waals surface area contributed by atoms with E-state index < -0.39 is 0 Å². The van der Waals surface area contributed by atoms with Gasteiger partial charge in [-0.2, -0.15) is 0 Å². The van der Waals surface area contributed by atoms with Crippen LogP contribution in [0.2, 0.25) is 0 Å². The maximum absolute atomic E-state index is 9.06. The topological polar surface area (TPSA) is 20.2 Å². The van der Waals surface area contributed by atoms with Crippen molar-refractivity contribution >= 4 is 11.3 Å². The first-order valence-electron chi connectivity index (χ1n) is 5.68. The Hall–Kier alpha value is -1.12. The van der Waals surface area contributed by atoms with Crippen LogP contribution in [0.1, 0.15) is 22.4 Å². The van der Waals surface area contributed by atoms with Crippen LogP contribution in [0.3, 0.4) is 0 Å². The number of benzene rings is 1. The Morgan fingerprint density at radius 1 is 1.06 bits per heavy atom. The number of thiophene rings is 1. The summed E-state index contributed by atoms with van der Waals surface area (Å²) in [7, 11) is 0. The Morgan fingerprint density at radius 2 is 1.94 bits per heavy atom. The highest BCUT2D eigenvalue weighted by molar-refractivity contribution is 7.15. The van der Waals surface area contributed by atoms with Crippen LogP contribution in [-0.4, -0.2) is 5.11 Å². The van der Waals surface area contributed by atoms with Crippen molar-refractivity contribution in [2.75, 3.05) is 0 Å². The Balaban J connectivity index is 2.00. The molecule has 1 aromatic heterocycles. The third-order valence-electron chi connectivity index (χ3n) is 3.20. The zero-order valence-corrected chi connectivity index (χ0v) is 9.89. The van der Waals surface area contributed by atoms with Crippen molar-refractivity contribution in [1.29, 1.82) is 0 Å². The molecule has 0 spiro atoms. The van der Waals surface area contributed by atoms with Crippen molar-refractivity contribution in [2.45, 2.75) is 25.9 Å². The molecule has 16 heavy (non-hydrogen) atoms. The highest BCUT2D eigenvalue weighted by Gasteiger charge is 2.12. The van der Waals surface area contributed by atoms with Crippen molar-refractivity contribution in [2.24, 2.45) is 0 Å². The molecule has 0 unspecified atom stereocenters. The van der Waals surface area contributed by atoms with Gasteiger partial charge in [-0.3, -0.25) is 0 Å². The second-order valence-corrected chi connectivity index (χ2v) is 5.43. The van der Waals surface area contributed by atoms with E-state index in [-0.39, 0.29) is 6.61 Å². The van der Waals surface area contributed by atoms with E-state index in [0.717, 1.165) is 4.88 Å². The third-order valence-corrected chi connectivity index (χ3v) is 4.32. The van der Waals surface area contributed by atoms with Crippen molar-refractivity contribution < 1.29 is 5.11 Å². The predicted octanol–water partition coefficient (Wildman–Crippen LogP) is 3.40. The lowest BCUT2D eigenvalue weighted by Gasteiger charge is -2.02. The molecule has 1 aliphatic rings. The lowest BCUT2D eigenvalue weighted by Crippen LogP contribution is -1.82. The fraction of sp³-hybridized carbons (Fsp3) is 0.286. The monoisotopic (exact) mass is 230 g/mol. The van der Waals surface area contributed by atoms with E-state index in [4.69, 9.17) is 5.11 Å². The molecular formula is C14H14OS. The average molecular weight is 230 g/mol. The van der Waals surface area contributed by atoms with E-state index >= 15 is 0 Å². The van der Waals surface area contributed by atoms with Crippen LogP contribution in [0.25, 0.3) is 10.4 Å². The quantitative estimate of drug-likeness (QED) is 0.838. The van der Waals surface area contributed by atoms with Gasteiger partial charge in [-0.25, -0.2) is 0 Å². The van der Waals surface area contributed by atoms with Crippen molar-refractivity contribution in [3.8, 4) is 10.4 Å². The maximum Gasteiger partial charge on any atom is 0.0774 e. The summed E-state index contributed by atoms with van der Waals surface area (Å²) in [5, 5.41) is 9.06. The summed E-state index contributed by atoms with van der Waals surface area (Å²) in [6.07, 6.45) is 3.76. The van der Waals surface area contributed by atoms with Gasteiger partial charge >= 0.3 is 0 Å². The van der Waals surface area contributed by atoms with Gasteiger partial charge in [0.25, 0.3) is 0 Å². The van der Waals surface area contributed by atoms with Crippen LogP contribution in [0, 0.1) is 0 Å². The standard InChI is InChI=1S/C14H14OS/c15-9-13-6-7-14(16-13)12-5-4-10-2-1-3-11(10)8-12/h4-8,15H,1-3,9H2. The highest BCUT2D eigenvalue weighted by atomic mass is 32.1. The molecule has 0 saturated heterocycles. The van der Waals surface area contributed by atoms with Crippen molar-refractivity contribution in [1.82, 2.24) is 0 Å². The fourth-order valence-corrected chi connectivity index (χ4v) is 3.21. The van der Waals surface area contributed by atoms with Crippen LogP contribution in [0.15, 0.2) is 30.3 Å². The molecule has 0 saturated carbocycles. The van der Waals surface area contributed by atoms with E-state index in [1.54, 1.807) is 11.3 Å². The number of rotatable bonds is 2. The summed E-state index contributed by atoms with van der Waals surface area (Å²) < 4.78 is 0. The van der Waals surface area contributed by atoms with E-state index in [2.05, 4.69) is 24.3 Å². The second-order valence-electron chi connectivity index (χ2n) is 4.26. The molecule has 1 aromatic carbocycles. The number of aliphatic hydroxyl groups is 1. The summed E-state index contributed by atoms with van der Waals surface area (Å²) >= 11 is 1.68. The Morgan fingerprint density at radius 3 is 2.75 bits per heavy atom. The van der Waals surface area contributed by atoms with Crippen LogP contribution in [0.5, 0.6) is 0 Å². The van der Waals surface area contributed by atoms with Crippen LogP contribution in [-0.2, 0) is 19.4 Å². The first-order valence-corrected chi connectivity index (χ1v) is 6.50. The van der Waals surface area contributed by atoms with Crippen molar-refractivity contribution in [3.63, 3.8) is 0 Å². The molecule has 2 aromatic rings. The number of aryl methyl sites for hydroxylation is 2. The Labute approximate surface area is 99.4 Å². The molecule has 1 N–H and O–H groups in total. The van der Waals surface area contributed by atoms with Gasteiger partial charge in [-0.1, -0.05) is 18.2 Å². The van der Waals surface area contributed by atoms with Gasteiger partial charge < -0.3 is 5.11 Å². The molecule has 3 rings (SSSR count). The van der Waals surface area contributed by atoms with Gasteiger partial charge in [0.15, 0.2) is 0 Å². The van der Waals surface area contributed by atoms with Crippen LogP contribution in [0.4, 0.5) is 0 Å². The molecule has 1 aliphatic carbocycles. The zero-order valence-electron chi connectivity index (χ0n) is 9.07. The molecule has 0 amide bonds. The van der Waals surface area contributed by atoms with E-state index in [1.165, 1.54) is 40.8 Å². The van der Waals surface area contributed by atoms with Crippen LogP contribution >= 0.6 is 11.3 Å². The summed E-state index contributed by atoms with van der Waals surface area (Å²) in [4.78, 5) is 2.30. The minimum absolute atomic E-state index is 0.148. The normalized spacial score (nSPS) is 14.1. The number of hydrogen-bond donors (Lipinski definition) is 1. The van der Waals surface area contributed by atoms with Gasteiger partial charge in [0.2, 0.25) is 0 Å². The minimum Gasteiger partial charge on any atom is -0.391 e. The summed E-state index contributed by atoms with van der Waals surface area (Å²) in [5.74, 6) is 0. The smallest absolute Gasteiger partial charge is 0.0774 e. The summed E-state index contributed by atoms with van der Waals surface area (Å²) in [6, 6.07) is 10.9. The van der Waals surface area contributed by atoms with Crippen LogP contribution < -0.4 is 0 Å². The number of fused-ring (bicyclic) bond motifs is 1. The lowest BCUT2D eigenvalue weighted by atomic mass is 10.1. The molecule has 0 aliphatic heterocycles. The maximum atomic E-state index is 9.06. The number of aliphatic hydroxyl groups excluding tert-OH is 1. The first-order chi connectivity index (χ1) is 7.86. The largest absolute Gasteiger partial charge is 0.391 e. The van der Waals surface area contributed by atoms with E-state index in [9.17, 15) is 0 Å². The van der Waals surface area contributed by atoms with Gasteiger partial charge in [-0.05, 0) is 48.1 Å². The zero-order chi connectivity index (χ0) is 11.0. The Kier molecular flexibility index (Phi) is 2.54. The second kappa shape index (κ2) is 4.04. The van der Waals surface area contributed by atoms with E-state index in [0.29, 0.717) is 0 Å². The molecule has 0 atom stereocenters. The van der Waals surface area contributed by atoms with Crippen molar-refractivity contribution in [3.05, 3.63) is 46.3 Å². The van der Waals surface area contributed by atoms with E-state index in [1.807, 2.05) is 6.07 Å². The molecule has 1 nitrogen and oxygen atoms in total. The Bertz CT molecular complexity index is 513. The molecular weight excluding hydrogens is 216 g/mol. The third kappa shape index (κ3) is 1.68. The van der Waals surface area contributed by atoms with Gasteiger partial charge in [-0.15, -0.1) is 11.3 Å². The minimum atomic E-state index is 0.148. The molecule has 0 bridgehead atoms. The molecule has 1 heterocycles.